The Morgan fingerprint density at radius 2 is 1.86 bits per heavy atom. The second-order valence-electron chi connectivity index (χ2n) is 8.29. The summed E-state index contributed by atoms with van der Waals surface area (Å²) in [5.74, 6) is 0.618. The van der Waals surface area contributed by atoms with Gasteiger partial charge in [0, 0.05) is 60.8 Å². The highest BCUT2D eigenvalue weighted by molar-refractivity contribution is 5.94. The van der Waals surface area contributed by atoms with E-state index in [4.69, 9.17) is 9.72 Å². The topological polar surface area (TPSA) is 59.0 Å². The number of pyridine rings is 1. The van der Waals surface area contributed by atoms with Gasteiger partial charge in [-0.25, -0.2) is 4.98 Å². The van der Waals surface area contributed by atoms with Crippen molar-refractivity contribution in [2.75, 3.05) is 26.3 Å². The summed E-state index contributed by atoms with van der Waals surface area (Å²) in [7, 11) is 1.99. The maximum atomic E-state index is 5.51. The van der Waals surface area contributed by atoms with Gasteiger partial charge in [-0.1, -0.05) is 0 Å². The highest BCUT2D eigenvalue weighted by Gasteiger charge is 2.28. The number of morpholine rings is 1. The van der Waals surface area contributed by atoms with Crippen molar-refractivity contribution >= 4 is 11.0 Å². The van der Waals surface area contributed by atoms with Crippen LogP contribution in [0.4, 0.5) is 0 Å². The Balaban J connectivity index is 1.37. The third-order valence-electron chi connectivity index (χ3n) is 6.81. The van der Waals surface area contributed by atoms with Crippen molar-refractivity contribution < 1.29 is 4.74 Å². The summed E-state index contributed by atoms with van der Waals surface area (Å²) in [4.78, 5) is 10.7. The van der Waals surface area contributed by atoms with Crippen molar-refractivity contribution in [3.63, 3.8) is 0 Å². The Hall–Kier alpha value is -2.18. The first-order valence-electron chi connectivity index (χ1n) is 10.5. The number of nitrogens with one attached hydrogen (secondary N) is 1. The Kier molecular flexibility index (Phi) is 4.69. The molecule has 4 heterocycles. The lowest BCUT2D eigenvalue weighted by atomic mass is 9.81. The van der Waals surface area contributed by atoms with Gasteiger partial charge in [-0.3, -0.25) is 9.58 Å². The summed E-state index contributed by atoms with van der Waals surface area (Å²) in [6.45, 7) is 6.10. The molecule has 1 N–H and O–H groups in total. The number of aromatic nitrogens is 4. The van der Waals surface area contributed by atoms with Gasteiger partial charge < -0.3 is 9.72 Å². The SMILES string of the molecule is Cc1c(-c2c[nH]c3ncc(C4CCC(N5CCOCC5)CC4)cc23)cnn1C. The Bertz CT molecular complexity index is 961. The van der Waals surface area contributed by atoms with Crippen LogP contribution in [0.25, 0.3) is 22.2 Å². The highest BCUT2D eigenvalue weighted by Crippen LogP contribution is 2.37. The molecule has 148 valence electrons. The predicted molar refractivity (Wildman–Crippen MR) is 110 cm³/mol. The quantitative estimate of drug-likeness (QED) is 0.755. The highest BCUT2D eigenvalue weighted by atomic mass is 16.5. The van der Waals surface area contributed by atoms with Gasteiger partial charge in [0.1, 0.15) is 5.65 Å². The van der Waals surface area contributed by atoms with Crippen LogP contribution in [-0.4, -0.2) is 57.0 Å². The summed E-state index contributed by atoms with van der Waals surface area (Å²) in [6.07, 6.45) is 11.2. The third-order valence-corrected chi connectivity index (χ3v) is 6.81. The molecule has 6 nitrogen and oxygen atoms in total. The lowest BCUT2D eigenvalue weighted by molar-refractivity contribution is 0.00729. The average molecular weight is 380 g/mol. The van der Waals surface area contributed by atoms with Crippen molar-refractivity contribution in [3.05, 3.63) is 35.9 Å². The number of nitrogens with zero attached hydrogens (tertiary/aromatic N) is 4. The van der Waals surface area contributed by atoms with Crippen LogP contribution >= 0.6 is 0 Å². The Labute approximate surface area is 165 Å². The van der Waals surface area contributed by atoms with Gasteiger partial charge in [-0.05, 0) is 50.2 Å². The zero-order valence-corrected chi connectivity index (χ0v) is 16.8. The molecule has 1 aliphatic carbocycles. The van der Waals surface area contributed by atoms with Crippen LogP contribution in [0.15, 0.2) is 24.7 Å². The van der Waals surface area contributed by atoms with Crippen LogP contribution in [0.1, 0.15) is 42.9 Å². The van der Waals surface area contributed by atoms with E-state index in [9.17, 15) is 0 Å². The van der Waals surface area contributed by atoms with E-state index in [0.29, 0.717) is 5.92 Å². The number of aryl methyl sites for hydroxylation is 1. The molecule has 6 heteroatoms. The van der Waals surface area contributed by atoms with E-state index in [1.165, 1.54) is 53.5 Å². The minimum atomic E-state index is 0.618. The summed E-state index contributed by atoms with van der Waals surface area (Å²) in [5.41, 5.74) is 5.91. The van der Waals surface area contributed by atoms with E-state index in [0.717, 1.165) is 38.0 Å². The smallest absolute Gasteiger partial charge is 0.137 e. The van der Waals surface area contributed by atoms with Crippen molar-refractivity contribution in [1.82, 2.24) is 24.6 Å². The van der Waals surface area contributed by atoms with Crippen LogP contribution in [-0.2, 0) is 11.8 Å². The number of aromatic amines is 1. The molecule has 28 heavy (non-hydrogen) atoms. The van der Waals surface area contributed by atoms with Gasteiger partial charge in [0.15, 0.2) is 0 Å². The molecule has 3 aromatic heterocycles. The first kappa shape index (κ1) is 17.9. The summed E-state index contributed by atoms with van der Waals surface area (Å²) < 4.78 is 7.44. The van der Waals surface area contributed by atoms with Crippen LogP contribution in [0.2, 0.25) is 0 Å². The van der Waals surface area contributed by atoms with Crippen LogP contribution in [0.5, 0.6) is 0 Å². The van der Waals surface area contributed by atoms with E-state index in [2.05, 4.69) is 40.4 Å². The minimum absolute atomic E-state index is 0.618. The zero-order valence-electron chi connectivity index (χ0n) is 16.8. The van der Waals surface area contributed by atoms with Gasteiger partial charge in [0.25, 0.3) is 0 Å². The van der Waals surface area contributed by atoms with Gasteiger partial charge in [0.2, 0.25) is 0 Å². The Morgan fingerprint density at radius 3 is 2.57 bits per heavy atom. The van der Waals surface area contributed by atoms with E-state index in [-0.39, 0.29) is 0 Å². The molecule has 0 bridgehead atoms. The number of fused-ring (bicyclic) bond motifs is 1. The third kappa shape index (κ3) is 3.14. The van der Waals surface area contributed by atoms with Gasteiger partial charge >= 0.3 is 0 Å². The lowest BCUT2D eigenvalue weighted by Gasteiger charge is -2.38. The number of rotatable bonds is 3. The molecule has 1 saturated carbocycles. The fourth-order valence-corrected chi connectivity index (χ4v) is 4.95. The largest absolute Gasteiger partial charge is 0.379 e. The van der Waals surface area contributed by atoms with Crippen molar-refractivity contribution in [3.8, 4) is 11.1 Å². The van der Waals surface area contributed by atoms with Gasteiger partial charge in [0.05, 0.1) is 19.4 Å². The molecule has 3 aromatic rings. The molecule has 0 radical (unpaired) electrons. The number of hydrogen-bond acceptors (Lipinski definition) is 4. The van der Waals surface area contributed by atoms with Gasteiger partial charge in [-0.2, -0.15) is 5.10 Å². The molecule has 0 spiro atoms. The number of H-pyrrole nitrogens is 1. The first-order chi connectivity index (χ1) is 13.7. The van der Waals surface area contributed by atoms with E-state index >= 15 is 0 Å². The lowest BCUT2D eigenvalue weighted by Crippen LogP contribution is -2.44. The molecule has 0 atom stereocenters. The summed E-state index contributed by atoms with van der Waals surface area (Å²) >= 11 is 0. The molecule has 0 unspecified atom stereocenters. The van der Waals surface area contributed by atoms with Crippen LogP contribution in [0, 0.1) is 6.92 Å². The summed E-state index contributed by atoms with van der Waals surface area (Å²) in [5, 5.41) is 5.62. The molecular formula is C22H29N5O. The molecule has 5 rings (SSSR count). The molecule has 2 aliphatic rings. The van der Waals surface area contributed by atoms with Crippen LogP contribution in [0.3, 0.4) is 0 Å². The van der Waals surface area contributed by atoms with E-state index in [1.54, 1.807) is 0 Å². The number of hydrogen-bond donors (Lipinski definition) is 1. The van der Waals surface area contributed by atoms with Crippen molar-refractivity contribution in [1.29, 1.82) is 0 Å². The molecule has 1 aliphatic heterocycles. The molecule has 0 amide bonds. The molecular weight excluding hydrogens is 350 g/mol. The summed E-state index contributed by atoms with van der Waals surface area (Å²) in [6, 6.07) is 3.10. The second-order valence-corrected chi connectivity index (χ2v) is 8.29. The predicted octanol–water partition coefficient (Wildman–Crippen LogP) is 3.63. The fourth-order valence-electron chi connectivity index (χ4n) is 4.95. The standard InChI is InChI=1S/C22H29N5O/c1-15-20(14-25-26(15)2)21-13-24-22-19(21)11-17(12-23-22)16-3-5-18(6-4-16)27-7-9-28-10-8-27/h11-14,16,18H,3-10H2,1-2H3,(H,23,24). The maximum Gasteiger partial charge on any atom is 0.137 e. The maximum absolute atomic E-state index is 5.51. The minimum Gasteiger partial charge on any atom is -0.379 e. The van der Waals surface area contributed by atoms with Gasteiger partial charge in [-0.15, -0.1) is 0 Å². The molecule has 0 aromatic carbocycles. The van der Waals surface area contributed by atoms with Crippen molar-refractivity contribution in [2.45, 2.75) is 44.6 Å². The Morgan fingerprint density at radius 1 is 1.07 bits per heavy atom. The molecule has 2 fully saturated rings. The second kappa shape index (κ2) is 7.33. The van der Waals surface area contributed by atoms with Crippen molar-refractivity contribution in [2.24, 2.45) is 7.05 Å². The van der Waals surface area contributed by atoms with E-state index in [1.807, 2.05) is 17.9 Å². The average Bonchev–Trinajstić information content (AvgIpc) is 3.31. The molecule has 1 saturated heterocycles. The normalized spacial score (nSPS) is 24.1. The monoisotopic (exact) mass is 379 g/mol. The van der Waals surface area contributed by atoms with Crippen LogP contribution < -0.4 is 0 Å². The van der Waals surface area contributed by atoms with E-state index < -0.39 is 0 Å². The first-order valence-corrected chi connectivity index (χ1v) is 10.5. The fraction of sp³-hybridized carbons (Fsp3) is 0.545. The zero-order chi connectivity index (χ0) is 19.1. The number of ether oxygens (including phenoxy) is 1.